The van der Waals surface area contributed by atoms with Gasteiger partial charge < -0.3 is 15.0 Å². The first-order valence-electron chi connectivity index (χ1n) is 7.92. The maximum atomic E-state index is 13.0. The number of nitrogen functional groups attached to an aromatic ring is 1. The first-order valence-corrected chi connectivity index (χ1v) is 9.36. The Labute approximate surface area is 152 Å². The Kier molecular flexibility index (Phi) is 5.69. The zero-order valence-corrected chi connectivity index (χ0v) is 15.6. The molecular weight excluding hydrogens is 356 g/mol. The molecule has 1 heterocycles. The van der Waals surface area contributed by atoms with Crippen molar-refractivity contribution in [1.29, 1.82) is 5.26 Å². The molecule has 0 aliphatic carbocycles. The number of methoxy groups -OCH3 is 1. The summed E-state index contributed by atoms with van der Waals surface area (Å²) in [6.45, 7) is 4.08. The van der Waals surface area contributed by atoms with E-state index >= 15 is 0 Å². The fourth-order valence-electron chi connectivity index (χ4n) is 2.68. The third kappa shape index (κ3) is 3.16. The molecule has 1 aromatic carbocycles. The molecule has 9 heteroatoms. The van der Waals surface area contributed by atoms with Gasteiger partial charge in [0.15, 0.2) is 5.69 Å². The molecule has 2 aromatic rings. The van der Waals surface area contributed by atoms with Gasteiger partial charge in [0.25, 0.3) is 0 Å². The molecule has 0 radical (unpaired) electrons. The molecule has 0 aliphatic heterocycles. The number of carbonyl (C=O) groups is 1. The molecule has 0 saturated carbocycles. The van der Waals surface area contributed by atoms with Crippen LogP contribution in [-0.4, -0.2) is 43.5 Å². The molecule has 0 spiro atoms. The maximum Gasteiger partial charge on any atom is 0.357 e. The quantitative estimate of drug-likeness (QED) is 0.767. The van der Waals surface area contributed by atoms with E-state index in [2.05, 4.69) is 0 Å². The fourth-order valence-corrected chi connectivity index (χ4v) is 4.32. The summed E-state index contributed by atoms with van der Waals surface area (Å²) in [6.07, 6.45) is 1.33. The van der Waals surface area contributed by atoms with E-state index in [-0.39, 0.29) is 27.5 Å². The van der Waals surface area contributed by atoms with Gasteiger partial charge in [0.2, 0.25) is 10.0 Å². The van der Waals surface area contributed by atoms with Crippen molar-refractivity contribution < 1.29 is 17.9 Å². The van der Waals surface area contributed by atoms with Crippen LogP contribution in [-0.2, 0) is 14.8 Å². The highest BCUT2D eigenvalue weighted by Gasteiger charge is 2.28. The second kappa shape index (κ2) is 7.59. The molecule has 0 unspecified atom stereocenters. The van der Waals surface area contributed by atoms with Crippen LogP contribution < -0.4 is 5.73 Å². The minimum absolute atomic E-state index is 0.00772. The number of benzene rings is 1. The fraction of sp³-hybridized carbons (Fsp3) is 0.294. The summed E-state index contributed by atoms with van der Waals surface area (Å²) < 4.78 is 33.3. The van der Waals surface area contributed by atoms with E-state index < -0.39 is 16.0 Å². The number of rotatable bonds is 6. The molecule has 0 saturated heterocycles. The van der Waals surface area contributed by atoms with Gasteiger partial charge in [0.1, 0.15) is 11.0 Å². The summed E-state index contributed by atoms with van der Waals surface area (Å²) >= 11 is 0. The number of hydrogen-bond donors (Lipinski definition) is 1. The number of anilines is 1. The van der Waals surface area contributed by atoms with Crippen molar-refractivity contribution in [3.8, 4) is 11.8 Å². The number of nitriles is 1. The van der Waals surface area contributed by atoms with Crippen molar-refractivity contribution in [2.75, 3.05) is 25.9 Å². The molecule has 0 fully saturated rings. The van der Waals surface area contributed by atoms with Crippen LogP contribution in [0.4, 0.5) is 5.69 Å². The number of sulfonamides is 1. The van der Waals surface area contributed by atoms with Gasteiger partial charge in [-0.05, 0) is 12.1 Å². The summed E-state index contributed by atoms with van der Waals surface area (Å²) in [4.78, 5) is 12.2. The summed E-state index contributed by atoms with van der Waals surface area (Å²) in [5, 5.41) is 9.23. The largest absolute Gasteiger partial charge is 0.464 e. The monoisotopic (exact) mass is 376 g/mol. The number of ether oxygens (including phenoxy) is 1. The highest BCUT2D eigenvalue weighted by Crippen LogP contribution is 2.29. The Morgan fingerprint density at radius 1 is 1.31 bits per heavy atom. The number of hydrogen-bond acceptors (Lipinski definition) is 6. The molecule has 0 atom stereocenters. The summed E-state index contributed by atoms with van der Waals surface area (Å²) in [7, 11) is -2.62. The van der Waals surface area contributed by atoms with Crippen LogP contribution in [0.25, 0.3) is 5.69 Å². The zero-order chi connectivity index (χ0) is 19.5. The molecular formula is C17H20N4O4S. The lowest BCUT2D eigenvalue weighted by atomic mass is 10.2. The van der Waals surface area contributed by atoms with E-state index in [9.17, 15) is 18.5 Å². The van der Waals surface area contributed by atoms with Crippen LogP contribution in [0.15, 0.2) is 35.4 Å². The Balaban J connectivity index is 2.81. The number of esters is 1. The second-order valence-electron chi connectivity index (χ2n) is 5.34. The molecule has 1 aromatic heterocycles. The van der Waals surface area contributed by atoms with E-state index in [1.807, 2.05) is 6.07 Å². The van der Waals surface area contributed by atoms with E-state index in [0.717, 1.165) is 0 Å². The van der Waals surface area contributed by atoms with Crippen molar-refractivity contribution in [2.24, 2.45) is 0 Å². The van der Waals surface area contributed by atoms with E-state index in [1.54, 1.807) is 32.0 Å². The average Bonchev–Trinajstić information content (AvgIpc) is 2.98. The Morgan fingerprint density at radius 2 is 1.92 bits per heavy atom. The van der Waals surface area contributed by atoms with Crippen LogP contribution in [0.3, 0.4) is 0 Å². The van der Waals surface area contributed by atoms with E-state index in [0.29, 0.717) is 13.1 Å². The number of nitrogens with two attached hydrogens (primary N) is 1. The average molecular weight is 376 g/mol. The molecule has 138 valence electrons. The predicted octanol–water partition coefficient (Wildman–Crippen LogP) is 1.75. The lowest BCUT2D eigenvalue weighted by Gasteiger charge is -2.21. The van der Waals surface area contributed by atoms with Gasteiger partial charge in [-0.3, -0.25) is 0 Å². The molecule has 2 N–H and O–H groups in total. The van der Waals surface area contributed by atoms with Crippen LogP contribution in [0.1, 0.15) is 29.9 Å². The third-order valence-electron chi connectivity index (χ3n) is 3.99. The Bertz CT molecular complexity index is 969. The van der Waals surface area contributed by atoms with Crippen molar-refractivity contribution in [3.05, 3.63) is 41.7 Å². The first-order chi connectivity index (χ1) is 12.3. The van der Waals surface area contributed by atoms with E-state index in [1.165, 1.54) is 28.2 Å². The highest BCUT2D eigenvalue weighted by molar-refractivity contribution is 7.89. The van der Waals surface area contributed by atoms with Crippen molar-refractivity contribution in [3.63, 3.8) is 0 Å². The highest BCUT2D eigenvalue weighted by atomic mass is 32.2. The number of nitrogens with zero attached hydrogens (tertiary/aromatic N) is 3. The topological polar surface area (TPSA) is 118 Å². The second-order valence-corrected chi connectivity index (χ2v) is 7.24. The maximum absolute atomic E-state index is 13.0. The molecule has 2 rings (SSSR count). The minimum Gasteiger partial charge on any atom is -0.464 e. The van der Waals surface area contributed by atoms with Crippen molar-refractivity contribution in [2.45, 2.75) is 18.7 Å². The van der Waals surface area contributed by atoms with Crippen LogP contribution >= 0.6 is 0 Å². The van der Waals surface area contributed by atoms with Gasteiger partial charge in [-0.25, -0.2) is 13.2 Å². The van der Waals surface area contributed by atoms with Gasteiger partial charge in [-0.1, -0.05) is 26.0 Å². The van der Waals surface area contributed by atoms with Crippen molar-refractivity contribution in [1.82, 2.24) is 8.87 Å². The molecule has 0 amide bonds. The number of para-hydroxylation sites is 1. The molecule has 0 aliphatic rings. The van der Waals surface area contributed by atoms with Crippen LogP contribution in [0.5, 0.6) is 0 Å². The smallest absolute Gasteiger partial charge is 0.357 e. The molecule has 0 bridgehead atoms. The normalized spacial score (nSPS) is 11.3. The summed E-state index contributed by atoms with van der Waals surface area (Å²) in [6, 6.07) is 8.12. The molecule has 26 heavy (non-hydrogen) atoms. The number of carbonyl (C=O) groups excluding carboxylic acids is 1. The molecule has 8 nitrogen and oxygen atoms in total. The van der Waals surface area contributed by atoms with Crippen LogP contribution in [0.2, 0.25) is 0 Å². The SMILES string of the molecule is CCN(CC)S(=O)(=O)c1ccccc1-n1cc(C#N)c(N)c1C(=O)OC. The predicted molar refractivity (Wildman–Crippen MR) is 96.3 cm³/mol. The Hall–Kier alpha value is -2.83. The summed E-state index contributed by atoms with van der Waals surface area (Å²) in [5.41, 5.74) is 6.02. The Morgan fingerprint density at radius 3 is 2.46 bits per heavy atom. The van der Waals surface area contributed by atoms with Gasteiger partial charge in [0, 0.05) is 19.3 Å². The van der Waals surface area contributed by atoms with Crippen LogP contribution in [0, 0.1) is 11.3 Å². The first kappa shape index (κ1) is 19.5. The lowest BCUT2D eigenvalue weighted by Crippen LogP contribution is -2.31. The van der Waals surface area contributed by atoms with Gasteiger partial charge >= 0.3 is 5.97 Å². The van der Waals surface area contributed by atoms with Gasteiger partial charge in [-0.15, -0.1) is 0 Å². The summed E-state index contributed by atoms with van der Waals surface area (Å²) in [5.74, 6) is -0.765. The zero-order valence-electron chi connectivity index (χ0n) is 14.8. The van der Waals surface area contributed by atoms with E-state index in [4.69, 9.17) is 10.5 Å². The number of aromatic nitrogens is 1. The van der Waals surface area contributed by atoms with Crippen molar-refractivity contribution >= 4 is 21.7 Å². The third-order valence-corrected chi connectivity index (χ3v) is 6.09. The minimum atomic E-state index is -3.80. The van der Waals surface area contributed by atoms with Gasteiger partial charge in [-0.2, -0.15) is 9.57 Å². The lowest BCUT2D eigenvalue weighted by molar-refractivity contribution is 0.0593. The standard InChI is InChI=1S/C17H20N4O4S/c1-4-20(5-2)26(23,24)14-9-7-6-8-13(14)21-11-12(10-18)15(19)16(21)17(22)25-3/h6-9,11H,4-5,19H2,1-3H3. The van der Waals surface area contributed by atoms with Gasteiger partial charge in [0.05, 0.1) is 24.0 Å².